The van der Waals surface area contributed by atoms with Crippen molar-refractivity contribution in [2.24, 2.45) is 5.92 Å². The van der Waals surface area contributed by atoms with E-state index in [9.17, 15) is 4.79 Å². The molecule has 3 heterocycles. The second-order valence-corrected chi connectivity index (χ2v) is 6.59. The number of hydrogen-bond donors (Lipinski definition) is 1. The Hall–Kier alpha value is -1.85. The predicted octanol–water partition coefficient (Wildman–Crippen LogP) is 2.06. The molecule has 6 heteroatoms. The zero-order valence-electron chi connectivity index (χ0n) is 14.2. The number of hydrogen-bond acceptors (Lipinski definition) is 5. The highest BCUT2D eigenvalue weighted by atomic mass is 16.2. The van der Waals surface area contributed by atoms with Crippen molar-refractivity contribution in [2.45, 2.75) is 39.0 Å². The summed E-state index contributed by atoms with van der Waals surface area (Å²) >= 11 is 0. The van der Waals surface area contributed by atoms with Gasteiger partial charge in [-0.25, -0.2) is 4.98 Å². The molecular weight excluding hydrogens is 290 g/mol. The smallest absolute Gasteiger partial charge is 0.227 e. The molecule has 0 spiro atoms. The summed E-state index contributed by atoms with van der Waals surface area (Å²) in [6.07, 6.45) is 5.40. The molecule has 0 unspecified atom stereocenters. The first-order valence-corrected chi connectivity index (χ1v) is 8.74. The summed E-state index contributed by atoms with van der Waals surface area (Å²) in [5.41, 5.74) is 0.964. The quantitative estimate of drug-likeness (QED) is 0.924. The van der Waals surface area contributed by atoms with Crippen molar-refractivity contribution in [3.8, 4) is 0 Å². The molecule has 3 rings (SSSR count). The lowest BCUT2D eigenvalue weighted by Crippen LogP contribution is -2.44. The van der Waals surface area contributed by atoms with E-state index in [2.05, 4.69) is 25.1 Å². The lowest BCUT2D eigenvalue weighted by molar-refractivity contribution is -0.137. The monoisotopic (exact) mass is 317 g/mol. The lowest BCUT2D eigenvalue weighted by Gasteiger charge is -2.35. The molecule has 23 heavy (non-hydrogen) atoms. The number of carbonyl (C=O) groups is 1. The average molecular weight is 317 g/mol. The number of aryl methyl sites for hydroxylation is 1. The zero-order valence-corrected chi connectivity index (χ0v) is 14.2. The van der Waals surface area contributed by atoms with E-state index in [0.29, 0.717) is 5.91 Å². The number of anilines is 2. The zero-order chi connectivity index (χ0) is 16.2. The molecule has 6 nitrogen and oxygen atoms in total. The van der Waals surface area contributed by atoms with Gasteiger partial charge in [0, 0.05) is 50.9 Å². The second-order valence-electron chi connectivity index (χ2n) is 6.59. The fourth-order valence-corrected chi connectivity index (χ4v) is 3.52. The van der Waals surface area contributed by atoms with Gasteiger partial charge < -0.3 is 15.1 Å². The second kappa shape index (κ2) is 7.15. The van der Waals surface area contributed by atoms with E-state index < -0.39 is 0 Å². The van der Waals surface area contributed by atoms with E-state index in [1.165, 1.54) is 6.42 Å². The molecule has 0 radical (unpaired) electrons. The van der Waals surface area contributed by atoms with Gasteiger partial charge in [0.2, 0.25) is 11.9 Å². The first-order valence-electron chi connectivity index (χ1n) is 8.74. The molecule has 0 bridgehead atoms. The molecule has 0 aromatic carbocycles. The van der Waals surface area contributed by atoms with E-state index in [0.717, 1.165) is 69.3 Å². The molecule has 126 valence electrons. The van der Waals surface area contributed by atoms with Crippen LogP contribution in [-0.2, 0) is 4.79 Å². The van der Waals surface area contributed by atoms with Crippen molar-refractivity contribution < 1.29 is 4.79 Å². The maximum Gasteiger partial charge on any atom is 0.227 e. The number of aromatic nitrogens is 2. The summed E-state index contributed by atoms with van der Waals surface area (Å²) in [6, 6.07) is 1.94. The Labute approximate surface area is 138 Å². The molecule has 2 fully saturated rings. The molecular formula is C17H27N5O. The molecule has 0 atom stereocenters. The molecule has 1 amide bonds. The minimum atomic E-state index is 0.179. The largest absolute Gasteiger partial charge is 0.373 e. The normalized spacial score (nSPS) is 19.7. The highest BCUT2D eigenvalue weighted by molar-refractivity contribution is 5.79. The van der Waals surface area contributed by atoms with Gasteiger partial charge in [-0.05, 0) is 39.0 Å². The highest BCUT2D eigenvalue weighted by Gasteiger charge is 2.30. The van der Waals surface area contributed by atoms with E-state index >= 15 is 0 Å². The number of likely N-dealkylation sites (tertiary alicyclic amines) is 1. The van der Waals surface area contributed by atoms with Gasteiger partial charge in [-0.2, -0.15) is 4.98 Å². The molecule has 1 N–H and O–H groups in total. The van der Waals surface area contributed by atoms with Crippen LogP contribution >= 0.6 is 0 Å². The van der Waals surface area contributed by atoms with Crippen molar-refractivity contribution in [1.29, 1.82) is 0 Å². The van der Waals surface area contributed by atoms with Crippen molar-refractivity contribution in [3.63, 3.8) is 0 Å². The number of carbonyl (C=O) groups excluding carboxylic acids is 1. The van der Waals surface area contributed by atoms with Crippen LogP contribution in [0.5, 0.6) is 0 Å². The summed E-state index contributed by atoms with van der Waals surface area (Å²) in [5.74, 6) is 2.17. The minimum Gasteiger partial charge on any atom is -0.373 e. The van der Waals surface area contributed by atoms with Crippen molar-refractivity contribution in [1.82, 2.24) is 14.9 Å². The number of nitrogens with one attached hydrogen (secondary N) is 1. The summed E-state index contributed by atoms with van der Waals surface area (Å²) < 4.78 is 0. The molecule has 0 aliphatic carbocycles. The van der Waals surface area contributed by atoms with Crippen molar-refractivity contribution >= 4 is 17.7 Å². The van der Waals surface area contributed by atoms with Crippen LogP contribution in [0.25, 0.3) is 0 Å². The van der Waals surface area contributed by atoms with Crippen molar-refractivity contribution in [2.75, 3.05) is 43.4 Å². The third-order valence-corrected chi connectivity index (χ3v) is 4.89. The number of amides is 1. The Morgan fingerprint density at radius 1 is 1.13 bits per heavy atom. The summed E-state index contributed by atoms with van der Waals surface area (Å²) in [7, 11) is 1.87. The van der Waals surface area contributed by atoms with Crippen LogP contribution in [0, 0.1) is 12.8 Å². The molecule has 0 saturated carbocycles. The summed E-state index contributed by atoms with van der Waals surface area (Å²) in [5, 5.41) is 3.08. The predicted molar refractivity (Wildman–Crippen MR) is 91.7 cm³/mol. The van der Waals surface area contributed by atoms with E-state index in [4.69, 9.17) is 0 Å². The van der Waals surface area contributed by atoms with Gasteiger partial charge in [0.15, 0.2) is 0 Å². The standard InChI is InChI=1S/C17H27N5O/c1-13-12-15(18-2)20-17(19-13)22-10-6-14(7-11-22)16(23)21-8-4-3-5-9-21/h12,14H,3-11H2,1-2H3,(H,18,19,20). The van der Waals surface area contributed by atoms with E-state index in [1.54, 1.807) is 0 Å². The minimum absolute atomic E-state index is 0.179. The molecule has 1 aromatic rings. The van der Waals surface area contributed by atoms with Crippen LogP contribution in [0.15, 0.2) is 6.07 Å². The SMILES string of the molecule is CNc1cc(C)nc(N2CCC(C(=O)N3CCCCC3)CC2)n1. The lowest BCUT2D eigenvalue weighted by atomic mass is 9.94. The van der Waals surface area contributed by atoms with Crippen LogP contribution < -0.4 is 10.2 Å². The third-order valence-electron chi connectivity index (χ3n) is 4.89. The molecule has 2 saturated heterocycles. The van der Waals surface area contributed by atoms with Crippen LogP contribution in [0.2, 0.25) is 0 Å². The van der Waals surface area contributed by atoms with Crippen LogP contribution in [-0.4, -0.2) is 54.0 Å². The van der Waals surface area contributed by atoms with Crippen LogP contribution in [0.4, 0.5) is 11.8 Å². The average Bonchev–Trinajstić information content (AvgIpc) is 2.61. The number of piperidine rings is 2. The highest BCUT2D eigenvalue weighted by Crippen LogP contribution is 2.24. The van der Waals surface area contributed by atoms with Crippen LogP contribution in [0.1, 0.15) is 37.8 Å². The van der Waals surface area contributed by atoms with Gasteiger partial charge in [-0.1, -0.05) is 0 Å². The Morgan fingerprint density at radius 3 is 2.48 bits per heavy atom. The van der Waals surface area contributed by atoms with E-state index in [-0.39, 0.29) is 5.92 Å². The summed E-state index contributed by atoms with van der Waals surface area (Å²) in [4.78, 5) is 26.0. The third kappa shape index (κ3) is 3.74. The summed E-state index contributed by atoms with van der Waals surface area (Å²) in [6.45, 7) is 5.60. The van der Waals surface area contributed by atoms with Gasteiger partial charge in [0.1, 0.15) is 5.82 Å². The molecule has 2 aliphatic heterocycles. The first-order chi connectivity index (χ1) is 11.2. The first kappa shape index (κ1) is 16.0. The Morgan fingerprint density at radius 2 is 1.83 bits per heavy atom. The molecule has 2 aliphatic rings. The Bertz CT molecular complexity index is 548. The topological polar surface area (TPSA) is 61.4 Å². The molecule has 1 aromatic heterocycles. The number of nitrogens with zero attached hydrogens (tertiary/aromatic N) is 4. The van der Waals surface area contributed by atoms with Gasteiger partial charge in [0.25, 0.3) is 0 Å². The van der Waals surface area contributed by atoms with Crippen LogP contribution in [0.3, 0.4) is 0 Å². The maximum absolute atomic E-state index is 12.6. The van der Waals surface area contributed by atoms with Gasteiger partial charge in [-0.15, -0.1) is 0 Å². The van der Waals surface area contributed by atoms with Gasteiger partial charge >= 0.3 is 0 Å². The van der Waals surface area contributed by atoms with Gasteiger partial charge in [-0.3, -0.25) is 4.79 Å². The Balaban J connectivity index is 1.59. The fourth-order valence-electron chi connectivity index (χ4n) is 3.52. The fraction of sp³-hybridized carbons (Fsp3) is 0.706. The van der Waals surface area contributed by atoms with E-state index in [1.807, 2.05) is 20.0 Å². The van der Waals surface area contributed by atoms with Crippen molar-refractivity contribution in [3.05, 3.63) is 11.8 Å². The maximum atomic E-state index is 12.6. The van der Waals surface area contributed by atoms with Gasteiger partial charge in [0.05, 0.1) is 0 Å². The number of rotatable bonds is 3. The Kier molecular flexibility index (Phi) is 4.98.